The second-order valence-electron chi connectivity index (χ2n) is 5.22. The number of carbonyl (C=O) groups is 2. The number of hydrogen-bond acceptors (Lipinski definition) is 4. The van der Waals surface area contributed by atoms with Crippen molar-refractivity contribution in [3.63, 3.8) is 0 Å². The first-order chi connectivity index (χ1) is 9.03. The number of hydrogen-bond donors (Lipinski definition) is 2. The molecule has 2 amide bonds. The third-order valence-electron chi connectivity index (χ3n) is 3.67. The van der Waals surface area contributed by atoms with Gasteiger partial charge in [-0.2, -0.15) is 0 Å². The van der Waals surface area contributed by atoms with Crippen molar-refractivity contribution in [2.75, 3.05) is 27.4 Å². The molecule has 1 aliphatic carbocycles. The highest BCUT2D eigenvalue weighted by Gasteiger charge is 2.34. The Hall–Kier alpha value is -1.30. The summed E-state index contributed by atoms with van der Waals surface area (Å²) in [6.07, 6.45) is 3.89. The standard InChI is InChI=1S/C13H24N2O4/c1-10(15-12(17)19-3)11(16)14-8-13(9-18-2)6-4-5-7-13/h10H,4-9H2,1-3H3,(H,14,16)(H,15,17)/t10-/m0/s1. The molecule has 0 aromatic heterocycles. The van der Waals surface area contributed by atoms with Crippen LogP contribution in [0, 0.1) is 5.41 Å². The smallest absolute Gasteiger partial charge is 0.407 e. The number of ether oxygens (including phenoxy) is 2. The Labute approximate surface area is 114 Å². The van der Waals surface area contributed by atoms with Gasteiger partial charge in [0.2, 0.25) is 5.91 Å². The molecule has 0 unspecified atom stereocenters. The topological polar surface area (TPSA) is 76.7 Å². The van der Waals surface area contributed by atoms with Gasteiger partial charge in [-0.25, -0.2) is 4.79 Å². The molecular weight excluding hydrogens is 248 g/mol. The lowest BCUT2D eigenvalue weighted by molar-refractivity contribution is -0.123. The van der Waals surface area contributed by atoms with Crippen LogP contribution in [0.3, 0.4) is 0 Å². The molecule has 2 N–H and O–H groups in total. The van der Waals surface area contributed by atoms with Crippen LogP contribution in [0.2, 0.25) is 0 Å². The first-order valence-corrected chi connectivity index (χ1v) is 6.64. The van der Waals surface area contributed by atoms with Crippen LogP contribution in [0.15, 0.2) is 0 Å². The van der Waals surface area contributed by atoms with Gasteiger partial charge in [-0.05, 0) is 19.8 Å². The van der Waals surface area contributed by atoms with Crippen molar-refractivity contribution >= 4 is 12.0 Å². The summed E-state index contributed by atoms with van der Waals surface area (Å²) in [6, 6.07) is -0.603. The van der Waals surface area contributed by atoms with E-state index in [0.717, 1.165) is 12.8 Å². The van der Waals surface area contributed by atoms with E-state index < -0.39 is 12.1 Å². The van der Waals surface area contributed by atoms with E-state index in [1.807, 2.05) is 0 Å². The van der Waals surface area contributed by atoms with Crippen molar-refractivity contribution < 1.29 is 19.1 Å². The summed E-state index contributed by atoms with van der Waals surface area (Å²) in [4.78, 5) is 22.9. The van der Waals surface area contributed by atoms with Crippen LogP contribution in [0.1, 0.15) is 32.6 Å². The monoisotopic (exact) mass is 272 g/mol. The Morgan fingerprint density at radius 1 is 1.26 bits per heavy atom. The highest BCUT2D eigenvalue weighted by molar-refractivity contribution is 5.85. The summed E-state index contributed by atoms with van der Waals surface area (Å²) < 4.78 is 9.72. The summed E-state index contributed by atoms with van der Waals surface area (Å²) in [5.74, 6) is -0.201. The lowest BCUT2D eigenvalue weighted by atomic mass is 9.87. The first-order valence-electron chi connectivity index (χ1n) is 6.64. The summed E-state index contributed by atoms with van der Waals surface area (Å²) in [5.41, 5.74) is 0.0510. The largest absolute Gasteiger partial charge is 0.453 e. The van der Waals surface area contributed by atoms with Crippen LogP contribution in [0.25, 0.3) is 0 Å². The first kappa shape index (κ1) is 15.8. The number of nitrogens with one attached hydrogen (secondary N) is 2. The fraction of sp³-hybridized carbons (Fsp3) is 0.846. The molecule has 6 nitrogen and oxygen atoms in total. The fourth-order valence-electron chi connectivity index (χ4n) is 2.53. The van der Waals surface area contributed by atoms with Crippen LogP contribution in [-0.2, 0) is 14.3 Å². The van der Waals surface area contributed by atoms with Gasteiger partial charge in [0, 0.05) is 19.1 Å². The average molecular weight is 272 g/mol. The van der Waals surface area contributed by atoms with Crippen LogP contribution in [0.5, 0.6) is 0 Å². The molecule has 0 bridgehead atoms. The molecule has 1 rings (SSSR count). The van der Waals surface area contributed by atoms with Crippen molar-refractivity contribution in [1.82, 2.24) is 10.6 Å². The van der Waals surface area contributed by atoms with E-state index in [2.05, 4.69) is 15.4 Å². The molecule has 6 heteroatoms. The van der Waals surface area contributed by atoms with E-state index in [-0.39, 0.29) is 11.3 Å². The molecule has 110 valence electrons. The minimum Gasteiger partial charge on any atom is -0.453 e. The third-order valence-corrected chi connectivity index (χ3v) is 3.67. The minimum atomic E-state index is -0.603. The molecule has 0 aromatic rings. The van der Waals surface area contributed by atoms with Gasteiger partial charge in [0.05, 0.1) is 13.7 Å². The molecule has 1 saturated carbocycles. The van der Waals surface area contributed by atoms with Gasteiger partial charge in [-0.3, -0.25) is 4.79 Å². The zero-order valence-corrected chi connectivity index (χ0v) is 12.0. The Morgan fingerprint density at radius 2 is 1.89 bits per heavy atom. The van der Waals surface area contributed by atoms with Crippen molar-refractivity contribution in [3.05, 3.63) is 0 Å². The van der Waals surface area contributed by atoms with Crippen molar-refractivity contribution in [2.24, 2.45) is 5.41 Å². The molecular formula is C13H24N2O4. The Bertz CT molecular complexity index is 314. The summed E-state index contributed by atoms with van der Waals surface area (Å²) in [5, 5.41) is 5.34. The highest BCUT2D eigenvalue weighted by Crippen LogP contribution is 2.37. The van der Waals surface area contributed by atoms with Crippen molar-refractivity contribution in [2.45, 2.75) is 38.6 Å². The van der Waals surface area contributed by atoms with Gasteiger partial charge < -0.3 is 20.1 Å². The zero-order chi connectivity index (χ0) is 14.3. The normalized spacial score (nSPS) is 18.7. The van der Waals surface area contributed by atoms with E-state index in [9.17, 15) is 9.59 Å². The molecule has 0 saturated heterocycles. The lowest BCUT2D eigenvalue weighted by Gasteiger charge is -2.29. The van der Waals surface area contributed by atoms with Gasteiger partial charge in [0.25, 0.3) is 0 Å². The number of carbonyl (C=O) groups excluding carboxylic acids is 2. The Morgan fingerprint density at radius 3 is 2.42 bits per heavy atom. The molecule has 0 radical (unpaired) electrons. The maximum absolute atomic E-state index is 11.9. The highest BCUT2D eigenvalue weighted by atomic mass is 16.5. The van der Waals surface area contributed by atoms with Gasteiger partial charge in [-0.15, -0.1) is 0 Å². The fourth-order valence-corrected chi connectivity index (χ4v) is 2.53. The molecule has 0 spiro atoms. The van der Waals surface area contributed by atoms with Gasteiger partial charge in [0.15, 0.2) is 0 Å². The van der Waals surface area contributed by atoms with Crippen LogP contribution in [-0.4, -0.2) is 45.4 Å². The van der Waals surface area contributed by atoms with Gasteiger partial charge in [0.1, 0.15) is 6.04 Å². The van der Waals surface area contributed by atoms with Crippen LogP contribution >= 0.6 is 0 Å². The third kappa shape index (κ3) is 4.70. The molecule has 1 aliphatic rings. The second kappa shape index (κ2) is 7.33. The average Bonchev–Trinajstić information content (AvgIpc) is 2.85. The predicted molar refractivity (Wildman–Crippen MR) is 70.8 cm³/mol. The SMILES string of the molecule is COCC1(CNC(=O)[C@H](C)NC(=O)OC)CCCC1. The van der Waals surface area contributed by atoms with E-state index in [1.54, 1.807) is 14.0 Å². The van der Waals surface area contributed by atoms with E-state index >= 15 is 0 Å². The van der Waals surface area contributed by atoms with E-state index in [4.69, 9.17) is 4.74 Å². The second-order valence-corrected chi connectivity index (χ2v) is 5.22. The number of amides is 2. The van der Waals surface area contributed by atoms with Crippen molar-refractivity contribution in [3.8, 4) is 0 Å². The maximum Gasteiger partial charge on any atom is 0.407 e. The summed E-state index contributed by atoms with van der Waals surface area (Å²) >= 11 is 0. The van der Waals surface area contributed by atoms with Crippen molar-refractivity contribution in [1.29, 1.82) is 0 Å². The Kier molecular flexibility index (Phi) is 6.08. The summed E-state index contributed by atoms with van der Waals surface area (Å²) in [6.45, 7) is 2.88. The van der Waals surface area contributed by atoms with Gasteiger partial charge >= 0.3 is 6.09 Å². The maximum atomic E-state index is 11.9. The summed E-state index contributed by atoms with van der Waals surface area (Å²) in [7, 11) is 2.95. The number of alkyl carbamates (subject to hydrolysis) is 1. The molecule has 19 heavy (non-hydrogen) atoms. The number of methoxy groups -OCH3 is 2. The minimum absolute atomic E-state index is 0.0510. The predicted octanol–water partition coefficient (Wildman–Crippen LogP) is 1.05. The quantitative estimate of drug-likeness (QED) is 0.758. The van der Waals surface area contributed by atoms with Crippen LogP contribution < -0.4 is 10.6 Å². The molecule has 0 aliphatic heterocycles. The molecule has 0 heterocycles. The molecule has 1 fully saturated rings. The number of rotatable bonds is 6. The van der Waals surface area contributed by atoms with Gasteiger partial charge in [-0.1, -0.05) is 12.8 Å². The van der Waals surface area contributed by atoms with E-state index in [1.165, 1.54) is 20.0 Å². The van der Waals surface area contributed by atoms with Crippen LogP contribution in [0.4, 0.5) is 4.79 Å². The molecule has 0 aromatic carbocycles. The molecule has 1 atom stereocenters. The Balaban J connectivity index is 2.41. The van der Waals surface area contributed by atoms with E-state index in [0.29, 0.717) is 13.2 Å². The zero-order valence-electron chi connectivity index (χ0n) is 12.0. The lowest BCUT2D eigenvalue weighted by Crippen LogP contribution is -2.48.